The minimum Gasteiger partial charge on any atom is -0.0776 e. The SMILES string of the molecule is C.CC1CC1C.CCCC. The molecule has 0 heteroatoms. The van der Waals surface area contributed by atoms with Gasteiger partial charge in [-0.05, 0) is 18.3 Å². The first-order chi connectivity index (χ1) is 4.22. The fourth-order valence-electron chi connectivity index (χ4n) is 0.508. The third-order valence-corrected chi connectivity index (χ3v) is 2.01. The summed E-state index contributed by atoms with van der Waals surface area (Å²) in [6.07, 6.45) is 4.11. The minimum atomic E-state index is 0. The second-order valence-electron chi connectivity index (χ2n) is 3.19. The molecule has 0 amide bonds. The Balaban J connectivity index is 0. The summed E-state index contributed by atoms with van der Waals surface area (Å²) in [5.74, 6) is 2.10. The van der Waals surface area contributed by atoms with Crippen LogP contribution in [0.15, 0.2) is 0 Å². The molecule has 1 aliphatic rings. The molecule has 0 bridgehead atoms. The van der Waals surface area contributed by atoms with Crippen LogP contribution in [0.3, 0.4) is 0 Å². The molecule has 0 N–H and O–H groups in total. The van der Waals surface area contributed by atoms with Gasteiger partial charge in [-0.25, -0.2) is 0 Å². The molecule has 0 saturated heterocycles. The topological polar surface area (TPSA) is 0 Å². The van der Waals surface area contributed by atoms with E-state index in [-0.39, 0.29) is 7.43 Å². The van der Waals surface area contributed by atoms with Gasteiger partial charge in [-0.2, -0.15) is 0 Å². The first-order valence-corrected chi connectivity index (χ1v) is 4.22. The highest BCUT2D eigenvalue weighted by atomic mass is 14.3. The quantitative estimate of drug-likeness (QED) is 0.519. The van der Waals surface area contributed by atoms with E-state index in [2.05, 4.69) is 27.7 Å². The molecule has 0 aromatic rings. The summed E-state index contributed by atoms with van der Waals surface area (Å²) in [6.45, 7) is 8.95. The normalized spacial score (nSPS) is 27.6. The van der Waals surface area contributed by atoms with E-state index < -0.39 is 0 Å². The molecule has 0 aromatic heterocycles. The van der Waals surface area contributed by atoms with Gasteiger partial charge in [0.15, 0.2) is 0 Å². The fraction of sp³-hybridized carbons (Fsp3) is 1.00. The van der Waals surface area contributed by atoms with Gasteiger partial charge in [0.2, 0.25) is 0 Å². The molecular formula is C10H24. The van der Waals surface area contributed by atoms with Gasteiger partial charge in [-0.15, -0.1) is 0 Å². The van der Waals surface area contributed by atoms with Crippen molar-refractivity contribution in [3.63, 3.8) is 0 Å². The van der Waals surface area contributed by atoms with Gasteiger partial charge in [0, 0.05) is 0 Å². The first kappa shape index (κ1) is 12.7. The van der Waals surface area contributed by atoms with Crippen LogP contribution in [-0.2, 0) is 0 Å². The Morgan fingerprint density at radius 2 is 1.20 bits per heavy atom. The number of rotatable bonds is 1. The van der Waals surface area contributed by atoms with Gasteiger partial charge in [-0.1, -0.05) is 48.0 Å². The summed E-state index contributed by atoms with van der Waals surface area (Å²) in [5.41, 5.74) is 0. The molecule has 2 unspecified atom stereocenters. The molecule has 2 atom stereocenters. The van der Waals surface area contributed by atoms with Crippen molar-refractivity contribution in [1.82, 2.24) is 0 Å². The van der Waals surface area contributed by atoms with Crippen LogP contribution in [0, 0.1) is 11.8 Å². The van der Waals surface area contributed by atoms with Crippen LogP contribution in [0.4, 0.5) is 0 Å². The zero-order chi connectivity index (χ0) is 7.28. The summed E-state index contributed by atoms with van der Waals surface area (Å²) in [5, 5.41) is 0. The predicted octanol–water partition coefficient (Wildman–Crippen LogP) is 4.10. The molecule has 0 aromatic carbocycles. The van der Waals surface area contributed by atoms with Crippen LogP contribution in [-0.4, -0.2) is 0 Å². The molecule has 0 heterocycles. The van der Waals surface area contributed by atoms with E-state index in [9.17, 15) is 0 Å². The van der Waals surface area contributed by atoms with Crippen LogP contribution in [0.5, 0.6) is 0 Å². The maximum absolute atomic E-state index is 2.30. The van der Waals surface area contributed by atoms with E-state index in [1.165, 1.54) is 19.3 Å². The van der Waals surface area contributed by atoms with Crippen molar-refractivity contribution in [2.24, 2.45) is 11.8 Å². The maximum Gasteiger partial charge on any atom is -0.0414 e. The Labute approximate surface area is 67.0 Å². The highest BCUT2D eigenvalue weighted by Gasteiger charge is 2.26. The Morgan fingerprint density at radius 3 is 1.20 bits per heavy atom. The van der Waals surface area contributed by atoms with Crippen LogP contribution >= 0.6 is 0 Å². The second kappa shape index (κ2) is 7.11. The molecule has 1 rings (SSSR count). The first-order valence-electron chi connectivity index (χ1n) is 4.22. The van der Waals surface area contributed by atoms with E-state index in [0.29, 0.717) is 0 Å². The highest BCUT2D eigenvalue weighted by Crippen LogP contribution is 2.36. The van der Waals surface area contributed by atoms with E-state index in [0.717, 1.165) is 11.8 Å². The van der Waals surface area contributed by atoms with Gasteiger partial charge >= 0.3 is 0 Å². The molecule has 0 nitrogen and oxygen atoms in total. The summed E-state index contributed by atoms with van der Waals surface area (Å²) in [6, 6.07) is 0. The van der Waals surface area contributed by atoms with Crippen LogP contribution in [0.25, 0.3) is 0 Å². The summed E-state index contributed by atoms with van der Waals surface area (Å²) >= 11 is 0. The summed E-state index contributed by atoms with van der Waals surface area (Å²) in [4.78, 5) is 0. The lowest BCUT2D eigenvalue weighted by atomic mass is 10.4. The number of hydrogen-bond donors (Lipinski definition) is 0. The maximum atomic E-state index is 2.30. The standard InChI is InChI=1S/C5H10.C4H10.CH4/c1-4-3-5(4)2;1-3-4-2;/h4-5H,3H2,1-2H3;3-4H2,1-2H3;1H4. The van der Waals surface area contributed by atoms with Gasteiger partial charge in [0.25, 0.3) is 0 Å². The molecule has 0 spiro atoms. The Bertz CT molecular complexity index is 49.1. The van der Waals surface area contributed by atoms with Crippen molar-refractivity contribution in [3.05, 3.63) is 0 Å². The van der Waals surface area contributed by atoms with Gasteiger partial charge < -0.3 is 0 Å². The molecule has 64 valence electrons. The van der Waals surface area contributed by atoms with Crippen molar-refractivity contribution in [2.75, 3.05) is 0 Å². The summed E-state index contributed by atoms with van der Waals surface area (Å²) < 4.78 is 0. The van der Waals surface area contributed by atoms with Crippen molar-refractivity contribution >= 4 is 0 Å². The van der Waals surface area contributed by atoms with Gasteiger partial charge in [0.05, 0.1) is 0 Å². The van der Waals surface area contributed by atoms with Crippen LogP contribution in [0.2, 0.25) is 0 Å². The van der Waals surface area contributed by atoms with Crippen molar-refractivity contribution in [1.29, 1.82) is 0 Å². The number of hydrogen-bond acceptors (Lipinski definition) is 0. The zero-order valence-electron chi connectivity index (χ0n) is 7.28. The Hall–Kier alpha value is 0. The third-order valence-electron chi connectivity index (χ3n) is 2.01. The highest BCUT2D eigenvalue weighted by molar-refractivity contribution is 4.76. The lowest BCUT2D eigenvalue weighted by Gasteiger charge is -1.68. The lowest BCUT2D eigenvalue weighted by Crippen LogP contribution is -1.58. The molecule has 1 aliphatic carbocycles. The summed E-state index contributed by atoms with van der Waals surface area (Å²) in [7, 11) is 0. The van der Waals surface area contributed by atoms with Gasteiger partial charge in [0.1, 0.15) is 0 Å². The van der Waals surface area contributed by atoms with E-state index in [1.807, 2.05) is 0 Å². The monoisotopic (exact) mass is 144 g/mol. The predicted molar refractivity (Wildman–Crippen MR) is 50.3 cm³/mol. The molecule has 10 heavy (non-hydrogen) atoms. The van der Waals surface area contributed by atoms with E-state index >= 15 is 0 Å². The lowest BCUT2D eigenvalue weighted by molar-refractivity contribution is 0.834. The minimum absolute atomic E-state index is 0. The largest absolute Gasteiger partial charge is 0.0776 e. The molecule has 1 saturated carbocycles. The Morgan fingerprint density at radius 1 is 1.00 bits per heavy atom. The molecule has 0 radical (unpaired) electrons. The average molecular weight is 144 g/mol. The molecular weight excluding hydrogens is 120 g/mol. The molecule has 0 aliphatic heterocycles. The number of unbranched alkanes of at least 4 members (excludes halogenated alkanes) is 1. The second-order valence-corrected chi connectivity index (χ2v) is 3.19. The van der Waals surface area contributed by atoms with Crippen LogP contribution < -0.4 is 0 Å². The van der Waals surface area contributed by atoms with Crippen molar-refractivity contribution < 1.29 is 0 Å². The van der Waals surface area contributed by atoms with Crippen molar-refractivity contribution in [2.45, 2.75) is 54.4 Å². The van der Waals surface area contributed by atoms with E-state index in [1.54, 1.807) is 0 Å². The molecule has 1 fully saturated rings. The third kappa shape index (κ3) is 8.00. The zero-order valence-corrected chi connectivity index (χ0v) is 7.28. The average Bonchev–Trinajstić information content (AvgIpc) is 2.47. The van der Waals surface area contributed by atoms with Gasteiger partial charge in [-0.3, -0.25) is 0 Å². The Kier molecular flexibility index (Phi) is 9.00. The van der Waals surface area contributed by atoms with E-state index in [4.69, 9.17) is 0 Å². The van der Waals surface area contributed by atoms with Crippen LogP contribution in [0.1, 0.15) is 54.4 Å². The smallest absolute Gasteiger partial charge is 0.0414 e. The fourth-order valence-corrected chi connectivity index (χ4v) is 0.508. The van der Waals surface area contributed by atoms with Crippen molar-refractivity contribution in [3.8, 4) is 0 Å².